The third-order valence-corrected chi connectivity index (χ3v) is 5.40. The molecule has 6 nitrogen and oxygen atoms in total. The highest BCUT2D eigenvalue weighted by Gasteiger charge is 2.40. The summed E-state index contributed by atoms with van der Waals surface area (Å²) < 4.78 is 13.5. The number of carbonyl (C=O) groups excluding carboxylic acids is 2. The second-order valence-corrected chi connectivity index (χ2v) is 8.37. The zero-order valence-electron chi connectivity index (χ0n) is 16.3. The molecule has 2 amide bonds. The van der Waals surface area contributed by atoms with Crippen molar-refractivity contribution in [2.75, 3.05) is 13.1 Å². The van der Waals surface area contributed by atoms with E-state index in [1.165, 1.54) is 10.5 Å². The predicted octanol–water partition coefficient (Wildman–Crippen LogP) is 1.88. The van der Waals surface area contributed by atoms with Crippen LogP contribution in [0.2, 0.25) is 0 Å². The van der Waals surface area contributed by atoms with Gasteiger partial charge in [0.15, 0.2) is 0 Å². The van der Waals surface area contributed by atoms with Gasteiger partial charge in [-0.05, 0) is 25.8 Å². The molecule has 1 aliphatic heterocycles. The molecule has 1 aliphatic carbocycles. The maximum Gasteiger partial charge on any atom is 0.237 e. The van der Waals surface area contributed by atoms with Crippen LogP contribution in [-0.2, 0) is 9.59 Å². The number of likely N-dealkylation sites (tertiary alicyclic amines) is 1. The number of halogens is 1. The summed E-state index contributed by atoms with van der Waals surface area (Å²) in [6, 6.07) is 11.5. The Kier molecular flexibility index (Phi) is 5.99. The lowest BCUT2D eigenvalue weighted by Gasteiger charge is -2.27. The lowest BCUT2D eigenvalue weighted by molar-refractivity contribution is -0.131. The van der Waals surface area contributed by atoms with Gasteiger partial charge in [-0.25, -0.2) is 4.39 Å². The van der Waals surface area contributed by atoms with Gasteiger partial charge in [-0.2, -0.15) is 5.26 Å². The minimum atomic E-state index is -1.15. The Hall–Kier alpha value is -2.46. The van der Waals surface area contributed by atoms with Crippen molar-refractivity contribution < 1.29 is 14.0 Å². The topological polar surface area (TPSA) is 85.2 Å². The van der Waals surface area contributed by atoms with E-state index in [1.807, 2.05) is 38.1 Å². The highest BCUT2D eigenvalue weighted by molar-refractivity contribution is 5.80. The number of nitriles is 1. The number of nitrogens with one attached hydrogen (secondary N) is 2. The first-order chi connectivity index (χ1) is 13.3. The van der Waals surface area contributed by atoms with Gasteiger partial charge in [0.2, 0.25) is 11.8 Å². The zero-order chi connectivity index (χ0) is 20.3. The molecular weight excluding hydrogens is 359 g/mol. The minimum Gasteiger partial charge on any atom is -0.353 e. The van der Waals surface area contributed by atoms with E-state index < -0.39 is 17.8 Å². The number of benzene rings is 1. The molecule has 2 N–H and O–H groups in total. The maximum atomic E-state index is 13.5. The van der Waals surface area contributed by atoms with Crippen LogP contribution in [0.15, 0.2) is 30.3 Å². The summed E-state index contributed by atoms with van der Waals surface area (Å²) in [4.78, 5) is 26.0. The molecule has 150 valence electrons. The van der Waals surface area contributed by atoms with Crippen LogP contribution in [-0.4, -0.2) is 53.6 Å². The van der Waals surface area contributed by atoms with Crippen LogP contribution in [0.5, 0.6) is 0 Å². The monoisotopic (exact) mass is 386 g/mol. The standard InChI is InChI=1S/C21H27FN4O2/c1-21(2,24-12-20(28)26-13-15(22)8-16(26)11-23)10-19(27)25-18-9-17(18)14-6-4-3-5-7-14/h3-7,15-18,24H,8-10,12-13H2,1-2H3,(H,25,27)/t15-,16-,17+,18-/m0/s1. The zero-order valence-corrected chi connectivity index (χ0v) is 16.3. The van der Waals surface area contributed by atoms with Crippen LogP contribution < -0.4 is 10.6 Å². The Labute approximate surface area is 165 Å². The van der Waals surface area contributed by atoms with E-state index in [9.17, 15) is 14.0 Å². The first-order valence-electron chi connectivity index (χ1n) is 9.71. The smallest absolute Gasteiger partial charge is 0.237 e. The second kappa shape index (κ2) is 8.27. The Morgan fingerprint density at radius 2 is 2.00 bits per heavy atom. The summed E-state index contributed by atoms with van der Waals surface area (Å²) in [5, 5.41) is 15.2. The largest absolute Gasteiger partial charge is 0.353 e. The van der Waals surface area contributed by atoms with E-state index in [-0.39, 0.29) is 43.8 Å². The van der Waals surface area contributed by atoms with E-state index in [0.29, 0.717) is 5.92 Å². The molecule has 1 aromatic carbocycles. The lowest BCUT2D eigenvalue weighted by atomic mass is 10.00. The van der Waals surface area contributed by atoms with Gasteiger partial charge < -0.3 is 15.5 Å². The van der Waals surface area contributed by atoms with Gasteiger partial charge in [-0.15, -0.1) is 0 Å². The summed E-state index contributed by atoms with van der Waals surface area (Å²) in [5.41, 5.74) is 0.646. The van der Waals surface area contributed by atoms with Crippen molar-refractivity contribution in [1.29, 1.82) is 5.26 Å². The predicted molar refractivity (Wildman–Crippen MR) is 103 cm³/mol. The van der Waals surface area contributed by atoms with Crippen LogP contribution in [0.3, 0.4) is 0 Å². The molecule has 0 spiro atoms. The molecule has 2 aliphatic rings. The Morgan fingerprint density at radius 3 is 2.68 bits per heavy atom. The molecule has 1 saturated carbocycles. The molecule has 0 radical (unpaired) electrons. The molecule has 7 heteroatoms. The molecule has 4 atom stereocenters. The maximum absolute atomic E-state index is 13.5. The number of carbonyl (C=O) groups is 2. The Morgan fingerprint density at radius 1 is 1.29 bits per heavy atom. The number of rotatable bonds is 7. The van der Waals surface area contributed by atoms with Crippen LogP contribution >= 0.6 is 0 Å². The van der Waals surface area contributed by atoms with Gasteiger partial charge in [0.25, 0.3) is 0 Å². The molecule has 0 aromatic heterocycles. The fraction of sp³-hybridized carbons (Fsp3) is 0.571. The van der Waals surface area contributed by atoms with Crippen molar-refractivity contribution in [3.63, 3.8) is 0 Å². The first-order valence-corrected chi connectivity index (χ1v) is 9.71. The van der Waals surface area contributed by atoms with E-state index >= 15 is 0 Å². The third-order valence-electron chi connectivity index (χ3n) is 5.40. The fourth-order valence-electron chi connectivity index (χ4n) is 3.74. The highest BCUT2D eigenvalue weighted by atomic mass is 19.1. The molecule has 28 heavy (non-hydrogen) atoms. The average Bonchev–Trinajstić information content (AvgIpc) is 3.30. The number of hydrogen-bond donors (Lipinski definition) is 2. The normalized spacial score (nSPS) is 26.6. The van der Waals surface area contributed by atoms with Gasteiger partial charge >= 0.3 is 0 Å². The van der Waals surface area contributed by atoms with Crippen molar-refractivity contribution in [2.45, 2.75) is 62.8 Å². The Bertz CT molecular complexity index is 761. The molecule has 1 aromatic rings. The molecule has 3 rings (SSSR count). The van der Waals surface area contributed by atoms with E-state index in [1.54, 1.807) is 0 Å². The molecule has 0 bridgehead atoms. The van der Waals surface area contributed by atoms with Crippen LogP contribution in [0.4, 0.5) is 4.39 Å². The van der Waals surface area contributed by atoms with Gasteiger partial charge in [-0.1, -0.05) is 30.3 Å². The number of hydrogen-bond acceptors (Lipinski definition) is 4. The summed E-state index contributed by atoms with van der Waals surface area (Å²) in [7, 11) is 0. The molecular formula is C21H27FN4O2. The number of nitrogens with zero attached hydrogens (tertiary/aromatic N) is 2. The van der Waals surface area contributed by atoms with Crippen LogP contribution in [0.1, 0.15) is 44.6 Å². The lowest BCUT2D eigenvalue weighted by Crippen LogP contribution is -2.49. The summed E-state index contributed by atoms with van der Waals surface area (Å²) >= 11 is 0. The summed E-state index contributed by atoms with van der Waals surface area (Å²) in [6.07, 6.45) is 0.0873. The van der Waals surface area contributed by atoms with Crippen LogP contribution in [0, 0.1) is 11.3 Å². The van der Waals surface area contributed by atoms with Crippen LogP contribution in [0.25, 0.3) is 0 Å². The third kappa shape index (κ3) is 5.08. The molecule has 2 fully saturated rings. The van der Waals surface area contributed by atoms with Crippen molar-refractivity contribution in [2.24, 2.45) is 0 Å². The number of amides is 2. The van der Waals surface area contributed by atoms with Gasteiger partial charge in [0, 0.05) is 30.3 Å². The highest BCUT2D eigenvalue weighted by Crippen LogP contribution is 2.40. The fourth-order valence-corrected chi connectivity index (χ4v) is 3.74. The molecule has 1 saturated heterocycles. The van der Waals surface area contributed by atoms with Crippen molar-refractivity contribution >= 4 is 11.8 Å². The van der Waals surface area contributed by atoms with Gasteiger partial charge in [0.1, 0.15) is 12.2 Å². The van der Waals surface area contributed by atoms with Crippen molar-refractivity contribution in [3.05, 3.63) is 35.9 Å². The quantitative estimate of drug-likeness (QED) is 0.749. The van der Waals surface area contributed by atoms with Crippen molar-refractivity contribution in [3.8, 4) is 6.07 Å². The summed E-state index contributed by atoms with van der Waals surface area (Å²) in [6.45, 7) is 3.64. The number of alkyl halides is 1. The summed E-state index contributed by atoms with van der Waals surface area (Å²) in [5.74, 6) is -0.00526. The minimum absolute atomic E-state index is 0.0265. The van der Waals surface area contributed by atoms with E-state index in [2.05, 4.69) is 22.8 Å². The average molecular weight is 386 g/mol. The SMILES string of the molecule is CC(C)(CC(=O)N[C@H]1C[C@@H]1c1ccccc1)NCC(=O)N1C[C@@H](F)C[C@H]1C#N. The molecule has 0 unspecified atom stereocenters. The van der Waals surface area contributed by atoms with E-state index in [0.717, 1.165) is 6.42 Å². The van der Waals surface area contributed by atoms with E-state index in [4.69, 9.17) is 5.26 Å². The Balaban J connectivity index is 1.43. The van der Waals surface area contributed by atoms with Crippen molar-refractivity contribution in [1.82, 2.24) is 15.5 Å². The first kappa shape index (κ1) is 20.3. The second-order valence-electron chi connectivity index (χ2n) is 8.37. The van der Waals surface area contributed by atoms with Gasteiger partial charge in [-0.3, -0.25) is 9.59 Å². The molecule has 1 heterocycles. The van der Waals surface area contributed by atoms with Gasteiger partial charge in [0.05, 0.1) is 19.2 Å².